The van der Waals surface area contributed by atoms with E-state index in [0.29, 0.717) is 10.6 Å². The fourth-order valence-corrected chi connectivity index (χ4v) is 4.05. The third-order valence-electron chi connectivity index (χ3n) is 3.89. The molecule has 0 spiro atoms. The van der Waals surface area contributed by atoms with E-state index in [4.69, 9.17) is 17.0 Å². The molecule has 0 aliphatic rings. The summed E-state index contributed by atoms with van der Waals surface area (Å²) in [4.78, 5) is 13.4. The van der Waals surface area contributed by atoms with Crippen molar-refractivity contribution in [2.24, 2.45) is 0 Å². The van der Waals surface area contributed by atoms with E-state index in [-0.39, 0.29) is 10.8 Å². The van der Waals surface area contributed by atoms with Gasteiger partial charge in [0.05, 0.1) is 12.8 Å². The summed E-state index contributed by atoms with van der Waals surface area (Å²) in [6.07, 6.45) is 0. The first-order chi connectivity index (χ1) is 13.0. The number of methoxy groups -OCH3 is 1. The van der Waals surface area contributed by atoms with E-state index < -0.39 is 11.8 Å². The van der Waals surface area contributed by atoms with Crippen LogP contribution in [-0.2, 0) is 4.74 Å². The molecule has 3 aromatic rings. The lowest BCUT2D eigenvalue weighted by atomic mass is 10.0. The number of thiophene rings is 1. The summed E-state index contributed by atoms with van der Waals surface area (Å²) in [5, 5.41) is 6.55. The molecule has 0 unspecified atom stereocenters. The molecular formula is C20H17FN2O2S2. The summed E-state index contributed by atoms with van der Waals surface area (Å²) in [6, 6.07) is 15.8. The van der Waals surface area contributed by atoms with Gasteiger partial charge in [0.2, 0.25) is 0 Å². The van der Waals surface area contributed by atoms with Crippen LogP contribution >= 0.6 is 23.6 Å². The maximum absolute atomic E-state index is 13.8. The number of anilines is 2. The zero-order chi connectivity index (χ0) is 19.4. The Bertz CT molecular complexity index is 987. The fourth-order valence-electron chi connectivity index (χ4n) is 2.70. The van der Waals surface area contributed by atoms with E-state index in [1.54, 1.807) is 18.2 Å². The molecule has 27 heavy (non-hydrogen) atoms. The normalized spacial score (nSPS) is 10.3. The van der Waals surface area contributed by atoms with Crippen LogP contribution in [0.25, 0.3) is 11.1 Å². The minimum Gasteiger partial charge on any atom is -0.465 e. The number of ether oxygens (including phenoxy) is 1. The molecule has 3 rings (SSSR count). The van der Waals surface area contributed by atoms with Crippen molar-refractivity contribution in [1.29, 1.82) is 0 Å². The zero-order valence-corrected chi connectivity index (χ0v) is 16.3. The van der Waals surface area contributed by atoms with Crippen LogP contribution in [0.2, 0.25) is 0 Å². The molecule has 0 radical (unpaired) electrons. The van der Waals surface area contributed by atoms with Gasteiger partial charge in [0.1, 0.15) is 16.4 Å². The summed E-state index contributed by atoms with van der Waals surface area (Å²) in [6.45, 7) is 1.93. The quantitative estimate of drug-likeness (QED) is 0.450. The molecule has 7 heteroatoms. The fraction of sp³-hybridized carbons (Fsp3) is 0.100. The first kappa shape index (κ1) is 19.0. The van der Waals surface area contributed by atoms with Crippen molar-refractivity contribution in [2.45, 2.75) is 6.92 Å². The van der Waals surface area contributed by atoms with Gasteiger partial charge in [-0.1, -0.05) is 42.5 Å². The Balaban J connectivity index is 1.95. The average molecular weight is 401 g/mol. The van der Waals surface area contributed by atoms with Gasteiger partial charge >= 0.3 is 5.97 Å². The van der Waals surface area contributed by atoms with E-state index in [0.717, 1.165) is 16.0 Å². The van der Waals surface area contributed by atoms with Gasteiger partial charge in [-0.15, -0.1) is 11.3 Å². The number of carbonyl (C=O) groups is 1. The number of aryl methyl sites for hydroxylation is 1. The molecule has 0 saturated carbocycles. The lowest BCUT2D eigenvalue weighted by Crippen LogP contribution is -2.20. The lowest BCUT2D eigenvalue weighted by Gasteiger charge is -2.12. The second-order valence-corrected chi connectivity index (χ2v) is 7.29. The number of thiocarbonyl (C=S) groups is 1. The summed E-state index contributed by atoms with van der Waals surface area (Å²) in [7, 11) is 1.34. The Morgan fingerprint density at radius 1 is 1.07 bits per heavy atom. The molecule has 0 saturated heterocycles. The lowest BCUT2D eigenvalue weighted by molar-refractivity contribution is 0.0603. The number of nitrogens with one attached hydrogen (secondary N) is 2. The highest BCUT2D eigenvalue weighted by atomic mass is 32.1. The molecule has 1 aromatic heterocycles. The van der Waals surface area contributed by atoms with E-state index in [2.05, 4.69) is 10.6 Å². The molecular weight excluding hydrogens is 383 g/mol. The predicted octanol–water partition coefficient (Wildman–Crippen LogP) is 5.46. The zero-order valence-electron chi connectivity index (χ0n) is 14.7. The largest absolute Gasteiger partial charge is 0.465 e. The summed E-state index contributed by atoms with van der Waals surface area (Å²) in [5.74, 6) is -0.878. The molecule has 0 amide bonds. The van der Waals surface area contributed by atoms with Crippen LogP contribution in [0, 0.1) is 12.7 Å². The Kier molecular flexibility index (Phi) is 5.83. The van der Waals surface area contributed by atoms with Gasteiger partial charge in [-0.25, -0.2) is 9.18 Å². The van der Waals surface area contributed by atoms with Crippen molar-refractivity contribution in [2.75, 3.05) is 17.7 Å². The van der Waals surface area contributed by atoms with Crippen LogP contribution < -0.4 is 10.6 Å². The molecule has 0 bridgehead atoms. The monoisotopic (exact) mass is 400 g/mol. The Labute approximate surface area is 166 Å². The van der Waals surface area contributed by atoms with Crippen LogP contribution in [0.1, 0.15) is 15.2 Å². The van der Waals surface area contributed by atoms with Crippen LogP contribution in [0.5, 0.6) is 0 Å². The average Bonchev–Trinajstić information content (AvgIpc) is 2.99. The van der Waals surface area contributed by atoms with Crippen LogP contribution in [0.4, 0.5) is 15.1 Å². The number of para-hydroxylation sites is 1. The standard InChI is InChI=1S/C20H17FN2O2S2/c1-12-16(13-8-4-3-5-9-13)17(19(24)25-2)18(27-12)23-20(26)22-15-11-7-6-10-14(15)21/h3-11H,1-2H3,(H2,22,23,26). The second kappa shape index (κ2) is 8.28. The smallest absolute Gasteiger partial charge is 0.341 e. The molecule has 138 valence electrons. The number of hydrogen-bond acceptors (Lipinski definition) is 4. The number of halogens is 1. The molecule has 1 heterocycles. The Morgan fingerprint density at radius 2 is 1.74 bits per heavy atom. The van der Waals surface area contributed by atoms with E-state index >= 15 is 0 Å². The first-order valence-electron chi connectivity index (χ1n) is 8.11. The number of hydrogen-bond donors (Lipinski definition) is 2. The number of esters is 1. The highest BCUT2D eigenvalue weighted by Gasteiger charge is 2.24. The van der Waals surface area contributed by atoms with Gasteiger partial charge in [-0.3, -0.25) is 0 Å². The molecule has 2 N–H and O–H groups in total. The van der Waals surface area contributed by atoms with Crippen molar-refractivity contribution in [3.8, 4) is 11.1 Å². The molecule has 0 aliphatic heterocycles. The van der Waals surface area contributed by atoms with Crippen molar-refractivity contribution in [3.05, 3.63) is 70.9 Å². The van der Waals surface area contributed by atoms with Gasteiger partial charge < -0.3 is 15.4 Å². The van der Waals surface area contributed by atoms with Gasteiger partial charge in [0, 0.05) is 10.4 Å². The molecule has 0 aliphatic carbocycles. The number of rotatable bonds is 4. The summed E-state index contributed by atoms with van der Waals surface area (Å²) in [5.41, 5.74) is 2.37. The Morgan fingerprint density at radius 3 is 2.41 bits per heavy atom. The molecule has 0 fully saturated rings. The second-order valence-electron chi connectivity index (χ2n) is 5.65. The van der Waals surface area contributed by atoms with E-state index in [9.17, 15) is 9.18 Å². The minimum absolute atomic E-state index is 0.186. The molecule has 0 atom stereocenters. The third-order valence-corrected chi connectivity index (χ3v) is 5.11. The van der Waals surface area contributed by atoms with Gasteiger partial charge in [-0.2, -0.15) is 0 Å². The predicted molar refractivity (Wildman–Crippen MR) is 112 cm³/mol. The van der Waals surface area contributed by atoms with Gasteiger partial charge in [0.15, 0.2) is 5.11 Å². The van der Waals surface area contributed by atoms with Crippen LogP contribution in [0.15, 0.2) is 54.6 Å². The molecule has 4 nitrogen and oxygen atoms in total. The summed E-state index contributed by atoms with van der Waals surface area (Å²) >= 11 is 6.68. The van der Waals surface area contributed by atoms with Gasteiger partial charge in [-0.05, 0) is 36.8 Å². The van der Waals surface area contributed by atoms with Crippen molar-refractivity contribution in [1.82, 2.24) is 0 Å². The third kappa shape index (κ3) is 4.15. The van der Waals surface area contributed by atoms with Crippen molar-refractivity contribution >= 4 is 45.3 Å². The number of carbonyl (C=O) groups excluding carboxylic acids is 1. The van der Waals surface area contributed by atoms with Crippen molar-refractivity contribution < 1.29 is 13.9 Å². The topological polar surface area (TPSA) is 50.4 Å². The van der Waals surface area contributed by atoms with Crippen LogP contribution in [0.3, 0.4) is 0 Å². The highest BCUT2D eigenvalue weighted by Crippen LogP contribution is 2.40. The minimum atomic E-state index is -0.464. The molecule has 2 aromatic carbocycles. The maximum Gasteiger partial charge on any atom is 0.341 e. The first-order valence-corrected chi connectivity index (χ1v) is 9.33. The maximum atomic E-state index is 13.8. The Hall–Kier alpha value is -2.77. The number of benzene rings is 2. The van der Waals surface area contributed by atoms with Gasteiger partial charge in [0.25, 0.3) is 0 Å². The van der Waals surface area contributed by atoms with E-state index in [1.165, 1.54) is 24.5 Å². The summed E-state index contributed by atoms with van der Waals surface area (Å²) < 4.78 is 18.8. The SMILES string of the molecule is COC(=O)c1c(NC(=S)Nc2ccccc2F)sc(C)c1-c1ccccc1. The van der Waals surface area contributed by atoms with Crippen molar-refractivity contribution in [3.63, 3.8) is 0 Å². The van der Waals surface area contributed by atoms with E-state index in [1.807, 2.05) is 37.3 Å². The van der Waals surface area contributed by atoms with Crippen LogP contribution in [-0.4, -0.2) is 18.2 Å². The highest BCUT2D eigenvalue weighted by molar-refractivity contribution is 7.80.